The van der Waals surface area contributed by atoms with Crippen molar-refractivity contribution in [1.29, 1.82) is 0 Å². The number of rotatable bonds is 8. The lowest BCUT2D eigenvalue weighted by atomic mass is 9.95. The first kappa shape index (κ1) is 22.9. The van der Waals surface area contributed by atoms with Crippen LogP contribution in [0.3, 0.4) is 0 Å². The molecule has 1 aliphatic heterocycles. The third-order valence-corrected chi connectivity index (χ3v) is 6.30. The first-order valence-electron chi connectivity index (χ1n) is 11.4. The van der Waals surface area contributed by atoms with Crippen LogP contribution in [0.15, 0.2) is 72.9 Å². The van der Waals surface area contributed by atoms with Gasteiger partial charge in [-0.2, -0.15) is 0 Å². The smallest absolute Gasteiger partial charge is 0.273 e. The van der Waals surface area contributed by atoms with E-state index in [4.69, 9.17) is 5.73 Å². The number of fused-ring (bicyclic) bond motifs is 2. The van der Waals surface area contributed by atoms with Gasteiger partial charge in [0.05, 0.1) is 16.1 Å². The predicted octanol–water partition coefficient (Wildman–Crippen LogP) is 2.71. The molecule has 0 fully saturated rings. The number of amides is 2. The summed E-state index contributed by atoms with van der Waals surface area (Å²) in [4.78, 5) is 36.1. The van der Waals surface area contributed by atoms with Gasteiger partial charge in [0.2, 0.25) is 0 Å². The summed E-state index contributed by atoms with van der Waals surface area (Å²) in [6, 6.07) is 15.5. The standard InChI is InChI=1S/C26H24N6O4/c1-30-13-18(16-7-2-4-9-20(16)30)23-24(26(34)29-25(23)33)19-14-31(21-10-5-3-8-17(19)21)12-6-11-28-22(27)15-32(35)36/h2-5,7-10,13-15,28H,6,11-12,27H2,1H3,(H,29,33,34). The minimum absolute atomic E-state index is 0.0101. The summed E-state index contributed by atoms with van der Waals surface area (Å²) in [7, 11) is 1.91. The Labute approximate surface area is 205 Å². The average molecular weight is 485 g/mol. The number of para-hydroxylation sites is 2. The molecule has 2 amide bonds. The Hall–Kier alpha value is -4.86. The van der Waals surface area contributed by atoms with Crippen LogP contribution >= 0.6 is 0 Å². The van der Waals surface area contributed by atoms with Crippen LogP contribution in [-0.4, -0.2) is 32.4 Å². The van der Waals surface area contributed by atoms with E-state index in [0.717, 1.165) is 28.0 Å². The average Bonchev–Trinajstić information content (AvgIpc) is 3.47. The number of nitrogens with one attached hydrogen (secondary N) is 2. The Morgan fingerprint density at radius 3 is 2.25 bits per heavy atom. The van der Waals surface area contributed by atoms with Gasteiger partial charge in [0.1, 0.15) is 0 Å². The molecule has 2 aromatic heterocycles. The van der Waals surface area contributed by atoms with Crippen LogP contribution in [0.4, 0.5) is 0 Å². The number of hydrogen-bond donors (Lipinski definition) is 3. The Balaban J connectivity index is 1.56. The molecule has 36 heavy (non-hydrogen) atoms. The summed E-state index contributed by atoms with van der Waals surface area (Å²) in [6.45, 7) is 1.01. The van der Waals surface area contributed by atoms with Crippen LogP contribution in [0.1, 0.15) is 17.5 Å². The summed E-state index contributed by atoms with van der Waals surface area (Å²) in [5, 5.41) is 17.6. The van der Waals surface area contributed by atoms with Crippen molar-refractivity contribution in [3.63, 3.8) is 0 Å². The fourth-order valence-electron chi connectivity index (χ4n) is 4.78. The summed E-state index contributed by atoms with van der Waals surface area (Å²) in [6.07, 6.45) is 5.12. The fourth-order valence-corrected chi connectivity index (χ4v) is 4.78. The van der Waals surface area contributed by atoms with Gasteiger partial charge < -0.3 is 20.2 Å². The molecule has 4 N–H and O–H groups in total. The monoisotopic (exact) mass is 484 g/mol. The molecule has 0 unspecified atom stereocenters. The molecule has 182 valence electrons. The summed E-state index contributed by atoms with van der Waals surface area (Å²) >= 11 is 0. The number of nitro groups is 1. The lowest BCUT2D eigenvalue weighted by Crippen LogP contribution is -2.23. The third-order valence-electron chi connectivity index (χ3n) is 6.30. The zero-order valence-electron chi connectivity index (χ0n) is 19.5. The highest BCUT2D eigenvalue weighted by molar-refractivity contribution is 6.50. The van der Waals surface area contributed by atoms with E-state index in [1.54, 1.807) is 0 Å². The first-order valence-corrected chi connectivity index (χ1v) is 11.4. The quantitative estimate of drug-likeness (QED) is 0.152. The highest BCUT2D eigenvalue weighted by Crippen LogP contribution is 2.38. The van der Waals surface area contributed by atoms with Crippen molar-refractivity contribution in [2.45, 2.75) is 13.0 Å². The van der Waals surface area contributed by atoms with Crippen LogP contribution in [-0.2, 0) is 23.2 Å². The minimum atomic E-state index is -0.608. The van der Waals surface area contributed by atoms with E-state index in [-0.39, 0.29) is 5.82 Å². The maximum atomic E-state index is 13.1. The number of benzene rings is 2. The van der Waals surface area contributed by atoms with Gasteiger partial charge in [-0.3, -0.25) is 25.0 Å². The molecule has 0 spiro atoms. The Morgan fingerprint density at radius 1 is 1.00 bits per heavy atom. The second-order valence-corrected chi connectivity index (χ2v) is 8.61. The van der Waals surface area contributed by atoms with E-state index in [0.29, 0.717) is 41.8 Å². The molecule has 2 aromatic carbocycles. The molecule has 0 aliphatic carbocycles. The molecule has 3 heterocycles. The molecule has 0 atom stereocenters. The molecule has 0 bridgehead atoms. The molecular formula is C26H24N6O4. The van der Waals surface area contributed by atoms with Crippen molar-refractivity contribution < 1.29 is 14.5 Å². The largest absolute Gasteiger partial charge is 0.380 e. The van der Waals surface area contributed by atoms with Crippen LogP contribution < -0.4 is 16.4 Å². The highest BCUT2D eigenvalue weighted by Gasteiger charge is 2.35. The number of nitrogens with zero attached hydrogens (tertiary/aromatic N) is 3. The third kappa shape index (κ3) is 3.98. The lowest BCUT2D eigenvalue weighted by Gasteiger charge is -2.07. The summed E-state index contributed by atoms with van der Waals surface area (Å²) in [5.74, 6) is -0.852. The van der Waals surface area contributed by atoms with E-state index in [1.165, 1.54) is 0 Å². The highest BCUT2D eigenvalue weighted by atomic mass is 16.6. The van der Waals surface area contributed by atoms with Crippen LogP contribution in [0.25, 0.3) is 33.0 Å². The number of nitrogens with two attached hydrogens (primary N) is 1. The Morgan fingerprint density at radius 2 is 1.58 bits per heavy atom. The van der Waals surface area contributed by atoms with E-state index in [2.05, 4.69) is 10.6 Å². The van der Waals surface area contributed by atoms with Gasteiger partial charge in [0.15, 0.2) is 5.82 Å². The number of carbonyl (C=O) groups excluding carboxylic acids is 2. The summed E-state index contributed by atoms with van der Waals surface area (Å²) < 4.78 is 3.96. The van der Waals surface area contributed by atoms with E-state index >= 15 is 0 Å². The van der Waals surface area contributed by atoms with Gasteiger partial charge in [0.25, 0.3) is 18.0 Å². The number of aromatic nitrogens is 2. The van der Waals surface area contributed by atoms with E-state index in [9.17, 15) is 19.7 Å². The Bertz CT molecular complexity index is 1610. The molecule has 0 radical (unpaired) electrons. The minimum Gasteiger partial charge on any atom is -0.380 e. The lowest BCUT2D eigenvalue weighted by molar-refractivity contribution is -0.403. The number of carbonyl (C=O) groups is 2. The molecule has 10 nitrogen and oxygen atoms in total. The molecule has 4 aromatic rings. The van der Waals surface area contributed by atoms with Crippen molar-refractivity contribution in [3.05, 3.63) is 94.2 Å². The zero-order valence-corrected chi connectivity index (χ0v) is 19.5. The summed E-state index contributed by atoms with van der Waals surface area (Å²) in [5.41, 5.74) is 9.57. The molecule has 0 saturated carbocycles. The zero-order chi connectivity index (χ0) is 25.4. The van der Waals surface area contributed by atoms with Gasteiger partial charge in [-0.15, -0.1) is 0 Å². The first-order chi connectivity index (χ1) is 17.3. The Kier molecular flexibility index (Phi) is 5.77. The molecule has 10 heteroatoms. The number of aryl methyl sites for hydroxylation is 2. The van der Waals surface area contributed by atoms with Crippen molar-refractivity contribution in [2.24, 2.45) is 12.8 Å². The van der Waals surface area contributed by atoms with Gasteiger partial charge in [0, 0.05) is 65.5 Å². The SMILES string of the molecule is Cn1cc(C2=C(c3cn(CCCNC(N)=C[N+](=O)[O-])c4ccccc34)C(=O)NC2=O)c2ccccc21. The second-order valence-electron chi connectivity index (χ2n) is 8.61. The van der Waals surface area contributed by atoms with Crippen LogP contribution in [0, 0.1) is 10.1 Å². The fraction of sp³-hybridized carbons (Fsp3) is 0.154. The normalized spacial score (nSPS) is 14.2. The molecule has 5 rings (SSSR count). The van der Waals surface area contributed by atoms with E-state index < -0.39 is 16.7 Å². The maximum Gasteiger partial charge on any atom is 0.273 e. The van der Waals surface area contributed by atoms with E-state index in [1.807, 2.05) is 77.1 Å². The van der Waals surface area contributed by atoms with Crippen molar-refractivity contribution in [3.8, 4) is 0 Å². The van der Waals surface area contributed by atoms with Gasteiger partial charge >= 0.3 is 0 Å². The van der Waals surface area contributed by atoms with Crippen molar-refractivity contribution in [2.75, 3.05) is 6.54 Å². The number of imide groups is 1. The molecule has 0 saturated heterocycles. The van der Waals surface area contributed by atoms with Crippen molar-refractivity contribution in [1.82, 2.24) is 19.8 Å². The van der Waals surface area contributed by atoms with Crippen LogP contribution in [0.5, 0.6) is 0 Å². The van der Waals surface area contributed by atoms with Gasteiger partial charge in [-0.25, -0.2) is 0 Å². The maximum absolute atomic E-state index is 13.1. The molecule has 1 aliphatic rings. The topological polar surface area (TPSA) is 137 Å². The second kappa shape index (κ2) is 9.06. The number of hydrogen-bond acceptors (Lipinski definition) is 6. The van der Waals surface area contributed by atoms with Crippen LogP contribution in [0.2, 0.25) is 0 Å². The van der Waals surface area contributed by atoms with Gasteiger partial charge in [-0.1, -0.05) is 36.4 Å². The van der Waals surface area contributed by atoms with Crippen molar-refractivity contribution >= 4 is 44.8 Å². The van der Waals surface area contributed by atoms with Gasteiger partial charge in [-0.05, 0) is 18.6 Å². The predicted molar refractivity (Wildman–Crippen MR) is 137 cm³/mol. The molecular weight excluding hydrogens is 460 g/mol.